The monoisotopic (exact) mass is 271 g/mol. The Hall–Kier alpha value is -0.710. The molecule has 0 aromatic carbocycles. The molecule has 1 amide bonds. The molecule has 1 aliphatic carbocycles. The van der Waals surface area contributed by atoms with Gasteiger partial charge in [0.15, 0.2) is 0 Å². The van der Waals surface area contributed by atoms with E-state index in [0.717, 1.165) is 25.0 Å². The Morgan fingerprint density at radius 1 is 1.33 bits per heavy atom. The molecule has 4 nitrogen and oxygen atoms in total. The van der Waals surface area contributed by atoms with Crippen LogP contribution in [0.15, 0.2) is 0 Å². The van der Waals surface area contributed by atoms with Gasteiger partial charge in [0.05, 0.1) is 0 Å². The third-order valence-electron chi connectivity index (χ3n) is 4.18. The zero-order chi connectivity index (χ0) is 13.1. The van der Waals surface area contributed by atoms with Gasteiger partial charge in [-0.3, -0.25) is 4.79 Å². The molecule has 0 spiro atoms. The summed E-state index contributed by atoms with van der Waals surface area (Å²) in [4.78, 5) is 25.3. The summed E-state index contributed by atoms with van der Waals surface area (Å²) in [6.07, 6.45) is 7.47. The number of hydrogen-bond acceptors (Lipinski definition) is 3. The fraction of sp³-hybridized carbons (Fsp3) is 0.846. The van der Waals surface area contributed by atoms with Gasteiger partial charge in [-0.15, -0.1) is 0 Å². The molecule has 1 saturated heterocycles. The lowest BCUT2D eigenvalue weighted by atomic mass is 9.84. The van der Waals surface area contributed by atoms with Gasteiger partial charge < -0.3 is 10.0 Å². The number of carbonyl (C=O) groups excluding carboxylic acids is 1. The van der Waals surface area contributed by atoms with Crippen molar-refractivity contribution in [1.82, 2.24) is 4.90 Å². The maximum Gasteiger partial charge on any atom is 0.326 e. The standard InChI is InChI=1S/C13H21NO3S/c1-18-7-6-12(15)14-10-5-3-2-4-9(10)8-11(14)13(16)17/h9-11H,2-8H2,1H3,(H,16,17)/t9-,10-,11-/m0/s1. The number of nitrogens with zero attached hydrogens (tertiary/aromatic N) is 1. The highest BCUT2D eigenvalue weighted by Gasteiger charge is 2.47. The molecule has 1 heterocycles. The van der Waals surface area contributed by atoms with Gasteiger partial charge in [-0.25, -0.2) is 4.79 Å². The summed E-state index contributed by atoms with van der Waals surface area (Å²) in [6.45, 7) is 0. The quantitative estimate of drug-likeness (QED) is 0.849. The van der Waals surface area contributed by atoms with Crippen molar-refractivity contribution < 1.29 is 14.7 Å². The SMILES string of the molecule is CSCCC(=O)N1[C@H](C(=O)O)C[C@@H]2CCCC[C@@H]21. The number of carboxylic acids is 1. The van der Waals surface area contributed by atoms with Crippen molar-refractivity contribution in [2.24, 2.45) is 5.92 Å². The number of thioether (sulfide) groups is 1. The molecule has 1 aliphatic heterocycles. The summed E-state index contributed by atoms with van der Waals surface area (Å²) in [5, 5.41) is 9.31. The predicted molar refractivity (Wildman–Crippen MR) is 71.6 cm³/mol. The van der Waals surface area contributed by atoms with Crippen LogP contribution >= 0.6 is 11.8 Å². The van der Waals surface area contributed by atoms with Crippen molar-refractivity contribution in [2.45, 2.75) is 50.6 Å². The van der Waals surface area contributed by atoms with E-state index < -0.39 is 12.0 Å². The van der Waals surface area contributed by atoms with Crippen molar-refractivity contribution in [3.63, 3.8) is 0 Å². The molecular formula is C13H21NO3S. The van der Waals surface area contributed by atoms with Crippen LogP contribution in [-0.4, -0.2) is 46.0 Å². The van der Waals surface area contributed by atoms with Crippen molar-refractivity contribution in [2.75, 3.05) is 12.0 Å². The Labute approximate surface area is 112 Å². The molecule has 3 atom stereocenters. The number of carboxylic acid groups (broad SMARTS) is 1. The van der Waals surface area contributed by atoms with E-state index in [9.17, 15) is 14.7 Å². The van der Waals surface area contributed by atoms with Crippen LogP contribution in [0.1, 0.15) is 38.5 Å². The minimum absolute atomic E-state index is 0.0335. The van der Waals surface area contributed by atoms with Gasteiger partial charge in [-0.05, 0) is 31.4 Å². The van der Waals surface area contributed by atoms with Crippen molar-refractivity contribution in [1.29, 1.82) is 0 Å². The highest BCUT2D eigenvalue weighted by molar-refractivity contribution is 7.98. The van der Waals surface area contributed by atoms with E-state index in [1.807, 2.05) is 6.26 Å². The van der Waals surface area contributed by atoms with Gasteiger partial charge in [0.1, 0.15) is 6.04 Å². The van der Waals surface area contributed by atoms with Gasteiger partial charge in [0, 0.05) is 18.2 Å². The van der Waals surface area contributed by atoms with E-state index in [-0.39, 0.29) is 11.9 Å². The summed E-state index contributed by atoms with van der Waals surface area (Å²) >= 11 is 1.63. The van der Waals surface area contributed by atoms with E-state index in [1.54, 1.807) is 16.7 Å². The second-order valence-electron chi connectivity index (χ2n) is 5.25. The third kappa shape index (κ3) is 2.66. The topological polar surface area (TPSA) is 57.6 Å². The average Bonchev–Trinajstić information content (AvgIpc) is 2.75. The predicted octanol–water partition coefficient (Wildman–Crippen LogP) is 1.98. The summed E-state index contributed by atoms with van der Waals surface area (Å²) in [5.74, 6) is 0.394. The Balaban J connectivity index is 2.11. The van der Waals surface area contributed by atoms with E-state index in [1.165, 1.54) is 6.42 Å². The van der Waals surface area contributed by atoms with Gasteiger partial charge >= 0.3 is 5.97 Å². The Kier molecular flexibility index (Phi) is 4.54. The zero-order valence-corrected chi connectivity index (χ0v) is 11.6. The molecule has 0 unspecified atom stereocenters. The van der Waals surface area contributed by atoms with E-state index in [4.69, 9.17) is 0 Å². The van der Waals surface area contributed by atoms with Crippen LogP contribution in [0.5, 0.6) is 0 Å². The second-order valence-corrected chi connectivity index (χ2v) is 6.23. The summed E-state index contributed by atoms with van der Waals surface area (Å²) in [5.41, 5.74) is 0. The number of aliphatic carboxylic acids is 1. The van der Waals surface area contributed by atoms with Gasteiger partial charge in [0.2, 0.25) is 5.91 Å². The number of hydrogen-bond donors (Lipinski definition) is 1. The van der Waals surface area contributed by atoms with Crippen LogP contribution in [0.4, 0.5) is 0 Å². The molecule has 0 aromatic rings. The van der Waals surface area contributed by atoms with Gasteiger partial charge in [0.25, 0.3) is 0 Å². The molecule has 2 aliphatic rings. The highest BCUT2D eigenvalue weighted by Crippen LogP contribution is 2.40. The average molecular weight is 271 g/mol. The number of rotatable bonds is 4. The van der Waals surface area contributed by atoms with Crippen LogP contribution in [-0.2, 0) is 9.59 Å². The van der Waals surface area contributed by atoms with Crippen molar-refractivity contribution >= 4 is 23.6 Å². The molecule has 1 saturated carbocycles. The zero-order valence-electron chi connectivity index (χ0n) is 10.8. The smallest absolute Gasteiger partial charge is 0.326 e. The molecule has 5 heteroatoms. The van der Waals surface area contributed by atoms with Gasteiger partial charge in [-0.2, -0.15) is 11.8 Å². The Morgan fingerprint density at radius 2 is 2.06 bits per heavy atom. The number of amides is 1. The van der Waals surface area contributed by atoms with Crippen LogP contribution in [0.3, 0.4) is 0 Å². The van der Waals surface area contributed by atoms with E-state index in [0.29, 0.717) is 18.8 Å². The Morgan fingerprint density at radius 3 is 2.72 bits per heavy atom. The van der Waals surface area contributed by atoms with Crippen LogP contribution in [0.25, 0.3) is 0 Å². The first kappa shape index (κ1) is 13.7. The molecule has 2 rings (SSSR count). The molecule has 0 bridgehead atoms. The minimum Gasteiger partial charge on any atom is -0.480 e. The second kappa shape index (κ2) is 5.95. The first-order chi connectivity index (χ1) is 8.65. The first-order valence-electron chi connectivity index (χ1n) is 6.68. The molecule has 0 aromatic heterocycles. The normalized spacial score (nSPS) is 31.2. The largest absolute Gasteiger partial charge is 0.480 e. The number of fused-ring (bicyclic) bond motifs is 1. The Bertz CT molecular complexity index is 334. The first-order valence-corrected chi connectivity index (χ1v) is 8.07. The maximum atomic E-state index is 12.2. The molecule has 0 radical (unpaired) electrons. The van der Waals surface area contributed by atoms with Crippen LogP contribution in [0.2, 0.25) is 0 Å². The van der Waals surface area contributed by atoms with E-state index >= 15 is 0 Å². The third-order valence-corrected chi connectivity index (χ3v) is 4.79. The molecule has 2 fully saturated rings. The van der Waals surface area contributed by atoms with Gasteiger partial charge in [-0.1, -0.05) is 12.8 Å². The van der Waals surface area contributed by atoms with E-state index in [2.05, 4.69) is 0 Å². The number of likely N-dealkylation sites (tertiary alicyclic amines) is 1. The maximum absolute atomic E-state index is 12.2. The molecule has 1 N–H and O–H groups in total. The fourth-order valence-electron chi connectivity index (χ4n) is 3.36. The lowest BCUT2D eigenvalue weighted by Crippen LogP contribution is -2.46. The fourth-order valence-corrected chi connectivity index (χ4v) is 3.74. The lowest BCUT2D eigenvalue weighted by molar-refractivity contribution is -0.149. The minimum atomic E-state index is -0.832. The van der Waals surface area contributed by atoms with Crippen LogP contribution in [0, 0.1) is 5.92 Å². The number of carbonyl (C=O) groups is 2. The molecule has 18 heavy (non-hydrogen) atoms. The summed E-state index contributed by atoms with van der Waals surface area (Å²) in [7, 11) is 0. The van der Waals surface area contributed by atoms with Crippen molar-refractivity contribution in [3.05, 3.63) is 0 Å². The van der Waals surface area contributed by atoms with Crippen molar-refractivity contribution in [3.8, 4) is 0 Å². The summed E-state index contributed by atoms with van der Waals surface area (Å²) < 4.78 is 0. The summed E-state index contributed by atoms with van der Waals surface area (Å²) in [6, 6.07) is -0.387. The molecular weight excluding hydrogens is 250 g/mol. The molecule has 102 valence electrons. The highest BCUT2D eigenvalue weighted by atomic mass is 32.2. The lowest BCUT2D eigenvalue weighted by Gasteiger charge is -2.33. The van der Waals surface area contributed by atoms with Crippen LogP contribution < -0.4 is 0 Å².